The van der Waals surface area contributed by atoms with Crippen LogP contribution in [0.2, 0.25) is 0 Å². The number of hydrogen-bond acceptors (Lipinski definition) is 14. The van der Waals surface area contributed by atoms with Crippen LogP contribution in [0.25, 0.3) is 0 Å². The van der Waals surface area contributed by atoms with Crippen LogP contribution >= 0.6 is 0 Å². The highest BCUT2D eigenvalue weighted by atomic mass is 16.6. The molecule has 41 atom stereocenters. The summed E-state index contributed by atoms with van der Waals surface area (Å²) in [4.78, 5) is 86.4. The minimum absolute atomic E-state index is 0.00345. The van der Waals surface area contributed by atoms with E-state index in [0.717, 1.165) is 232 Å². The van der Waals surface area contributed by atoms with E-state index >= 15 is 0 Å². The van der Waals surface area contributed by atoms with E-state index in [1.165, 1.54) is 212 Å². The standard InChI is InChI=1S/C20H32O2.C19H30O2.C18H28O2.C17H28O2.C17H30O2.C16H26O2.C16H28O2/c1-5-19(3,4)18(21)22-20(6-2)11-14-10-15(20)17-13-8-7-12(9-13)16(14)17;1-4-11(3)18(20)21-19(5-2)10-14-9-15(19)17-13-7-6-12(8-13)16(14)17;1-4-10(2)17(19)20-18(3)9-13-8-14(18)16-12-6-5-11(7-12)15(13)16;1-5-16(2,3)15(18)19-17(4)10-11-9-14(17)13-8-6-7-12(11)13;1-5-16(2,3)15(18)19-17(4)12-8-10-13-9-6-7-11-14(13)17;1-4-10(2)15(17)18-16(3)9-11-8-14(16)13-7-5-6-12(11)13;1-4-12(2)15(17)18-16(3)11-7-9-13-8-5-6-10-14(13)16/h12-17H,5-11H2,1-4H3;11-17H,4-10H2,1-3H3;10-16H,4-9H2,1-3H3;11-14H,5-10H2,1-4H3;13-14H,5-12H2,1-4H3;10-14H,4-9H2,1-3H3;12-14H,4-11H2,1-3H3. The summed E-state index contributed by atoms with van der Waals surface area (Å²) in [5.74, 6) is 26.0. The lowest BCUT2D eigenvalue weighted by atomic mass is 9.63. The summed E-state index contributed by atoms with van der Waals surface area (Å²) >= 11 is 0. The van der Waals surface area contributed by atoms with E-state index in [9.17, 15) is 33.6 Å². The van der Waals surface area contributed by atoms with Gasteiger partial charge in [0.15, 0.2) is 0 Å². The molecule has 41 unspecified atom stereocenters. The lowest BCUT2D eigenvalue weighted by Gasteiger charge is -2.48. The third kappa shape index (κ3) is 20.1. The molecule has 0 amide bonds. The van der Waals surface area contributed by atoms with Crippen LogP contribution in [0.3, 0.4) is 0 Å². The Morgan fingerprint density at radius 2 is 0.526 bits per heavy atom. The van der Waals surface area contributed by atoms with Crippen LogP contribution in [0.5, 0.6) is 0 Å². The molecule has 22 fully saturated rings. The van der Waals surface area contributed by atoms with Gasteiger partial charge in [-0.3, -0.25) is 33.6 Å². The minimum atomic E-state index is -0.343. The van der Waals surface area contributed by atoms with Crippen molar-refractivity contribution >= 4 is 41.8 Å². The minimum Gasteiger partial charge on any atom is -0.459 e. The molecule has 0 radical (unpaired) electrons. The van der Waals surface area contributed by atoms with Crippen LogP contribution in [0, 0.1) is 217 Å². The van der Waals surface area contributed by atoms with Gasteiger partial charge < -0.3 is 33.2 Å². The van der Waals surface area contributed by atoms with Gasteiger partial charge in [0.25, 0.3) is 0 Å². The molecule has 0 aromatic rings. The summed E-state index contributed by atoms with van der Waals surface area (Å²) < 4.78 is 42.6. The molecule has 22 saturated carbocycles. The number of rotatable bonds is 23. The summed E-state index contributed by atoms with van der Waals surface area (Å²) in [6.07, 6.45) is 60.0. The Balaban J connectivity index is 0.000000116. The number of carbonyl (C=O) groups is 7. The van der Waals surface area contributed by atoms with Crippen molar-refractivity contribution in [3.05, 3.63) is 0 Å². The normalized spacial score (nSPS) is 45.7. The molecule has 0 N–H and O–H groups in total. The van der Waals surface area contributed by atoms with Gasteiger partial charge >= 0.3 is 41.8 Å². The predicted molar refractivity (Wildman–Crippen MR) is 546 cm³/mol. The highest BCUT2D eigenvalue weighted by Crippen LogP contribution is 2.75. The number of carbonyl (C=O) groups excluding carboxylic acids is 7. The lowest BCUT2D eigenvalue weighted by molar-refractivity contribution is -0.185. The van der Waals surface area contributed by atoms with Gasteiger partial charge in [0.05, 0.1) is 39.9 Å². The van der Waals surface area contributed by atoms with Crippen LogP contribution in [-0.4, -0.2) is 81.0 Å². The second kappa shape index (κ2) is 41.5. The first-order valence-electron chi connectivity index (χ1n) is 59.5. The number of fused-ring (bicyclic) bond motifs is 39. The maximum Gasteiger partial charge on any atom is 0.312 e. The van der Waals surface area contributed by atoms with Crippen molar-refractivity contribution in [1.82, 2.24) is 0 Å². The van der Waals surface area contributed by atoms with Crippen molar-refractivity contribution in [3.8, 4) is 0 Å². The van der Waals surface area contributed by atoms with E-state index in [0.29, 0.717) is 41.4 Å². The van der Waals surface area contributed by atoms with Crippen molar-refractivity contribution in [2.24, 2.45) is 217 Å². The zero-order valence-electron chi connectivity index (χ0n) is 91.8. The lowest BCUT2D eigenvalue weighted by Crippen LogP contribution is -2.49. The molecule has 0 aliphatic heterocycles. The molecule has 778 valence electrons. The summed E-state index contributed by atoms with van der Waals surface area (Å²) in [5, 5.41) is 0. The fraction of sp³-hybridized carbons (Fsp3) is 0.943. The third-order valence-electron chi connectivity index (χ3n) is 47.1. The molecule has 22 rings (SSSR count). The van der Waals surface area contributed by atoms with Gasteiger partial charge in [-0.05, 0) is 469 Å². The van der Waals surface area contributed by atoms with Crippen molar-refractivity contribution in [2.75, 3.05) is 0 Å². The number of hydrogen-bond donors (Lipinski definition) is 0. The van der Waals surface area contributed by atoms with E-state index < -0.39 is 0 Å². The van der Waals surface area contributed by atoms with Crippen LogP contribution in [0.4, 0.5) is 0 Å². The zero-order valence-corrected chi connectivity index (χ0v) is 91.8. The summed E-state index contributed by atoms with van der Waals surface area (Å²) in [7, 11) is 0. The quantitative estimate of drug-likeness (QED) is 0.0535. The van der Waals surface area contributed by atoms with E-state index in [4.69, 9.17) is 33.2 Å². The topological polar surface area (TPSA) is 184 Å². The van der Waals surface area contributed by atoms with Crippen LogP contribution in [0.1, 0.15) is 474 Å². The van der Waals surface area contributed by atoms with Gasteiger partial charge in [-0.2, -0.15) is 0 Å². The molecule has 14 heteroatoms. The first-order valence-corrected chi connectivity index (χ1v) is 59.5. The molecular formula is C123H202O14. The number of ether oxygens (including phenoxy) is 7. The Morgan fingerprint density at radius 3 is 0.905 bits per heavy atom. The predicted octanol–water partition coefficient (Wildman–Crippen LogP) is 30.3. The van der Waals surface area contributed by atoms with Crippen LogP contribution in [0.15, 0.2) is 0 Å². The van der Waals surface area contributed by atoms with Gasteiger partial charge in [-0.15, -0.1) is 0 Å². The van der Waals surface area contributed by atoms with E-state index in [1.54, 1.807) is 0 Å². The van der Waals surface area contributed by atoms with Crippen molar-refractivity contribution in [1.29, 1.82) is 0 Å². The molecule has 137 heavy (non-hydrogen) atoms. The monoisotopic (exact) mass is 1900 g/mol. The van der Waals surface area contributed by atoms with Gasteiger partial charge in [0.2, 0.25) is 0 Å². The average molecular weight is 1900 g/mol. The molecular weight excluding hydrogens is 1700 g/mol. The van der Waals surface area contributed by atoms with E-state index in [1.807, 2.05) is 69.2 Å². The highest BCUT2D eigenvalue weighted by Gasteiger charge is 2.72. The largest absolute Gasteiger partial charge is 0.459 e. The van der Waals surface area contributed by atoms with Crippen LogP contribution < -0.4 is 0 Å². The summed E-state index contributed by atoms with van der Waals surface area (Å²) in [5.41, 5.74) is -2.07. The van der Waals surface area contributed by atoms with Gasteiger partial charge in [-0.1, -0.05) is 141 Å². The SMILES string of the molecule is CCC(C)(C)C(=O)OC1(C)CC2CC1C1CCCC21.CCC(C)(C)C(=O)OC1(C)CCCC2CCCCC21.CCC(C)(C)C(=O)OC1(CC)CC2CC1C1C3CCC(C3)C21.CCC(C)C(=O)OC1(C)CC2CC1C1C3CCC(C3)C21.CCC(C)C(=O)OC1(C)CC2CC1C1CCCC21.CCC(C)C(=O)OC1(C)CCCC2CCCCC21.CCC(C)C(=O)OC1(CC)CC2CC1C1C3CCC(C3)C21. The molecule has 22 aliphatic carbocycles. The molecule has 16 bridgehead atoms. The zero-order chi connectivity index (χ0) is 98.6. The first kappa shape index (κ1) is 106. The molecule has 22 aliphatic rings. The van der Waals surface area contributed by atoms with Gasteiger partial charge in [0.1, 0.15) is 39.2 Å². The van der Waals surface area contributed by atoms with Gasteiger partial charge in [0, 0.05) is 41.4 Å². The molecule has 14 nitrogen and oxygen atoms in total. The Labute approximate surface area is 834 Å². The first-order chi connectivity index (χ1) is 64.9. The second-order valence-electron chi connectivity index (χ2n) is 55.3. The molecule has 0 spiro atoms. The number of esters is 7. The molecule has 0 heterocycles. The average Bonchev–Trinajstić information content (AvgIpc) is 1.54. The van der Waals surface area contributed by atoms with Gasteiger partial charge in [-0.25, -0.2) is 0 Å². The van der Waals surface area contributed by atoms with Crippen molar-refractivity contribution < 1.29 is 66.7 Å². The Bertz CT molecular complexity index is 4170. The maximum atomic E-state index is 12.7. The fourth-order valence-electron chi connectivity index (χ4n) is 37.8. The maximum absolute atomic E-state index is 12.7. The third-order valence-corrected chi connectivity index (χ3v) is 47.1. The van der Waals surface area contributed by atoms with Crippen molar-refractivity contribution in [3.63, 3.8) is 0 Å². The summed E-state index contributed by atoms with van der Waals surface area (Å²) in [6, 6.07) is 0. The molecule has 0 saturated heterocycles. The fourth-order valence-corrected chi connectivity index (χ4v) is 37.8. The van der Waals surface area contributed by atoms with E-state index in [-0.39, 0.29) is 121 Å². The Kier molecular flexibility index (Phi) is 32.2. The molecule has 0 aromatic heterocycles. The van der Waals surface area contributed by atoms with Crippen LogP contribution in [-0.2, 0) is 66.7 Å². The summed E-state index contributed by atoms with van der Waals surface area (Å²) in [6.45, 7) is 50.0. The Morgan fingerprint density at radius 1 is 0.248 bits per heavy atom. The van der Waals surface area contributed by atoms with Crippen molar-refractivity contribution in [2.45, 2.75) is 514 Å². The second-order valence-corrected chi connectivity index (χ2v) is 55.3. The van der Waals surface area contributed by atoms with E-state index in [2.05, 4.69) is 96.9 Å². The molecule has 0 aromatic carbocycles. The smallest absolute Gasteiger partial charge is 0.312 e. The Hall–Kier alpha value is -3.71. The highest BCUT2D eigenvalue weighted by molar-refractivity contribution is 5.78.